The fraction of sp³-hybridized carbons (Fsp3) is 0.600. The van der Waals surface area contributed by atoms with Gasteiger partial charge in [0, 0.05) is 33.9 Å². The second-order valence-corrected chi connectivity index (χ2v) is 5.55. The molecule has 1 aliphatic rings. The van der Waals surface area contributed by atoms with Crippen LogP contribution in [0.15, 0.2) is 18.3 Å². The van der Waals surface area contributed by atoms with Gasteiger partial charge in [-0.1, -0.05) is 0 Å². The summed E-state index contributed by atoms with van der Waals surface area (Å²) in [4.78, 5) is 26.1. The van der Waals surface area contributed by atoms with Gasteiger partial charge in [0.1, 0.15) is 11.3 Å². The summed E-state index contributed by atoms with van der Waals surface area (Å²) < 4.78 is 12.8. The normalized spacial score (nSPS) is 21.7. The minimum Gasteiger partial charge on any atom is -0.382 e. The number of carbonyl (C=O) groups excluding carboxylic acids is 2. The number of hydrogen-bond donors (Lipinski definition) is 1. The number of hydrogen-bond acceptors (Lipinski definition) is 4. The smallest absolute Gasteiger partial charge is 0.270 e. The molecule has 0 bridgehead atoms. The molecule has 0 aliphatic carbocycles. The van der Waals surface area contributed by atoms with Crippen molar-refractivity contribution in [3.63, 3.8) is 0 Å². The van der Waals surface area contributed by atoms with Gasteiger partial charge < -0.3 is 24.3 Å². The Morgan fingerprint density at radius 1 is 1.50 bits per heavy atom. The summed E-state index contributed by atoms with van der Waals surface area (Å²) in [5, 5.41) is 2.59. The van der Waals surface area contributed by atoms with Crippen LogP contribution in [-0.4, -0.2) is 67.3 Å². The highest BCUT2D eigenvalue weighted by atomic mass is 16.5. The fourth-order valence-electron chi connectivity index (χ4n) is 2.75. The van der Waals surface area contributed by atoms with E-state index in [9.17, 15) is 9.59 Å². The Hall–Kier alpha value is -1.86. The molecule has 1 N–H and O–H groups in total. The Labute approximate surface area is 130 Å². The Bertz CT molecular complexity index is 539. The van der Waals surface area contributed by atoms with Crippen LogP contribution in [0.25, 0.3) is 0 Å². The lowest BCUT2D eigenvalue weighted by atomic mass is 9.97. The highest BCUT2D eigenvalue weighted by Gasteiger charge is 2.40. The number of methoxy groups -OCH3 is 1. The van der Waals surface area contributed by atoms with Gasteiger partial charge in [-0.05, 0) is 12.1 Å². The van der Waals surface area contributed by atoms with E-state index in [4.69, 9.17) is 9.47 Å². The molecule has 0 unspecified atom stereocenters. The maximum absolute atomic E-state index is 12.6. The van der Waals surface area contributed by atoms with Gasteiger partial charge in [0.15, 0.2) is 0 Å². The van der Waals surface area contributed by atoms with E-state index in [2.05, 4.69) is 5.32 Å². The van der Waals surface area contributed by atoms with Crippen LogP contribution in [0, 0.1) is 0 Å². The molecular weight excluding hydrogens is 286 g/mol. The van der Waals surface area contributed by atoms with E-state index in [0.717, 1.165) is 0 Å². The molecule has 0 radical (unpaired) electrons. The molecule has 0 aromatic carbocycles. The molecule has 122 valence electrons. The third kappa shape index (κ3) is 3.48. The summed E-state index contributed by atoms with van der Waals surface area (Å²) in [7, 11) is 4.98. The van der Waals surface area contributed by atoms with Crippen molar-refractivity contribution < 1.29 is 19.1 Å². The Kier molecular flexibility index (Phi) is 5.20. The quantitative estimate of drug-likeness (QED) is 0.832. The molecule has 0 saturated carbocycles. The maximum atomic E-state index is 12.6. The first-order chi connectivity index (χ1) is 10.5. The second kappa shape index (κ2) is 6.93. The zero-order valence-corrected chi connectivity index (χ0v) is 13.3. The number of morpholine rings is 1. The van der Waals surface area contributed by atoms with Gasteiger partial charge in [-0.3, -0.25) is 9.59 Å². The first kappa shape index (κ1) is 16.5. The maximum Gasteiger partial charge on any atom is 0.270 e. The molecule has 22 heavy (non-hydrogen) atoms. The largest absolute Gasteiger partial charge is 0.382 e. The molecular formula is C15H23N3O4. The van der Waals surface area contributed by atoms with Crippen molar-refractivity contribution in [3.05, 3.63) is 24.0 Å². The Morgan fingerprint density at radius 2 is 2.27 bits per heavy atom. The third-order valence-electron chi connectivity index (χ3n) is 3.87. The zero-order chi connectivity index (χ0) is 16.2. The SMILES string of the molecule is CNC(=O)C[C@]1(COC)CN(C(=O)c2cccn2C)CCO1. The van der Waals surface area contributed by atoms with E-state index >= 15 is 0 Å². The Balaban J connectivity index is 2.16. The number of carbonyl (C=O) groups is 2. The summed E-state index contributed by atoms with van der Waals surface area (Å²) in [5.41, 5.74) is -0.179. The van der Waals surface area contributed by atoms with Crippen LogP contribution in [0.4, 0.5) is 0 Å². The van der Waals surface area contributed by atoms with E-state index < -0.39 is 5.60 Å². The second-order valence-electron chi connectivity index (χ2n) is 5.55. The lowest BCUT2D eigenvalue weighted by Crippen LogP contribution is -2.57. The van der Waals surface area contributed by atoms with Crippen molar-refractivity contribution in [3.8, 4) is 0 Å². The number of amides is 2. The molecule has 2 amide bonds. The number of aryl methyl sites for hydroxylation is 1. The molecule has 7 nitrogen and oxygen atoms in total. The average Bonchev–Trinajstić information content (AvgIpc) is 2.93. The van der Waals surface area contributed by atoms with Crippen molar-refractivity contribution >= 4 is 11.8 Å². The fourth-order valence-corrected chi connectivity index (χ4v) is 2.75. The first-order valence-corrected chi connectivity index (χ1v) is 7.25. The van der Waals surface area contributed by atoms with E-state index in [1.165, 1.54) is 0 Å². The van der Waals surface area contributed by atoms with Crippen LogP contribution in [0.3, 0.4) is 0 Å². The van der Waals surface area contributed by atoms with Crippen LogP contribution in [-0.2, 0) is 21.3 Å². The van der Waals surface area contributed by atoms with Crippen molar-refractivity contribution in [2.45, 2.75) is 12.0 Å². The predicted octanol–water partition coefficient (Wildman–Crippen LogP) is 0.0188. The van der Waals surface area contributed by atoms with Crippen molar-refractivity contribution in [2.75, 3.05) is 40.5 Å². The number of nitrogens with one attached hydrogen (secondary N) is 1. The van der Waals surface area contributed by atoms with Crippen LogP contribution in [0.5, 0.6) is 0 Å². The number of rotatable bonds is 5. The van der Waals surface area contributed by atoms with Gasteiger partial charge in [-0.25, -0.2) is 0 Å². The van der Waals surface area contributed by atoms with Gasteiger partial charge in [-0.15, -0.1) is 0 Å². The summed E-state index contributed by atoms with van der Waals surface area (Å²) in [6, 6.07) is 3.62. The van der Waals surface area contributed by atoms with E-state index in [0.29, 0.717) is 25.4 Å². The predicted molar refractivity (Wildman–Crippen MR) is 80.6 cm³/mol. The molecule has 1 aliphatic heterocycles. The van der Waals surface area contributed by atoms with Gasteiger partial charge in [-0.2, -0.15) is 0 Å². The Morgan fingerprint density at radius 3 is 2.86 bits per heavy atom. The lowest BCUT2D eigenvalue weighted by molar-refractivity contribution is -0.150. The zero-order valence-electron chi connectivity index (χ0n) is 13.3. The minimum absolute atomic E-state index is 0.0619. The topological polar surface area (TPSA) is 72.8 Å². The molecule has 1 aromatic rings. The van der Waals surface area contributed by atoms with Crippen LogP contribution >= 0.6 is 0 Å². The first-order valence-electron chi connectivity index (χ1n) is 7.25. The van der Waals surface area contributed by atoms with Gasteiger partial charge in [0.2, 0.25) is 5.91 Å². The summed E-state index contributed by atoms with van der Waals surface area (Å²) in [6.07, 6.45) is 1.99. The van der Waals surface area contributed by atoms with Crippen LogP contribution in [0.1, 0.15) is 16.9 Å². The highest BCUT2D eigenvalue weighted by molar-refractivity contribution is 5.93. The third-order valence-corrected chi connectivity index (χ3v) is 3.87. The number of nitrogens with zero attached hydrogens (tertiary/aromatic N) is 2. The standard InChI is InChI=1S/C15H23N3O4/c1-16-13(19)9-15(11-21-3)10-18(7-8-22-15)14(20)12-5-4-6-17(12)2/h4-6H,7-11H2,1-3H3,(H,16,19)/t15-/m1/s1. The lowest BCUT2D eigenvalue weighted by Gasteiger charge is -2.42. The minimum atomic E-state index is -0.798. The van der Waals surface area contributed by atoms with Gasteiger partial charge in [0.05, 0.1) is 26.2 Å². The van der Waals surface area contributed by atoms with Crippen molar-refractivity contribution in [2.24, 2.45) is 7.05 Å². The molecule has 0 spiro atoms. The molecule has 2 heterocycles. The molecule has 7 heteroatoms. The van der Waals surface area contributed by atoms with Crippen molar-refractivity contribution in [1.29, 1.82) is 0 Å². The van der Waals surface area contributed by atoms with Crippen LogP contribution in [0.2, 0.25) is 0 Å². The summed E-state index contributed by atoms with van der Waals surface area (Å²) >= 11 is 0. The molecule has 1 aromatic heterocycles. The molecule has 2 rings (SSSR count). The summed E-state index contributed by atoms with van der Waals surface area (Å²) in [5.74, 6) is -0.196. The van der Waals surface area contributed by atoms with E-state index in [-0.39, 0.29) is 24.8 Å². The average molecular weight is 309 g/mol. The monoisotopic (exact) mass is 309 g/mol. The van der Waals surface area contributed by atoms with Crippen molar-refractivity contribution in [1.82, 2.24) is 14.8 Å². The summed E-state index contributed by atoms with van der Waals surface area (Å²) in [6.45, 7) is 1.48. The highest BCUT2D eigenvalue weighted by Crippen LogP contribution is 2.24. The molecule has 1 atom stereocenters. The van der Waals surface area contributed by atoms with Gasteiger partial charge >= 0.3 is 0 Å². The van der Waals surface area contributed by atoms with E-state index in [1.54, 1.807) is 29.7 Å². The van der Waals surface area contributed by atoms with Crippen LogP contribution < -0.4 is 5.32 Å². The van der Waals surface area contributed by atoms with Gasteiger partial charge in [0.25, 0.3) is 5.91 Å². The van der Waals surface area contributed by atoms with E-state index in [1.807, 2.05) is 19.3 Å². The number of ether oxygens (including phenoxy) is 2. The molecule has 1 fully saturated rings. The molecule has 1 saturated heterocycles. The number of aromatic nitrogens is 1.